The van der Waals surface area contributed by atoms with Crippen molar-refractivity contribution in [2.24, 2.45) is 0 Å². The van der Waals surface area contributed by atoms with Gasteiger partial charge in [0, 0.05) is 3.57 Å². The lowest BCUT2D eigenvalue weighted by atomic mass is 10.2. The molecule has 0 bridgehead atoms. The minimum Gasteiger partial charge on any atom is -0.494 e. The highest BCUT2D eigenvalue weighted by Gasteiger charge is 2.14. The van der Waals surface area contributed by atoms with E-state index in [1.165, 1.54) is 11.3 Å². The third kappa shape index (κ3) is 3.73. The van der Waals surface area contributed by atoms with Crippen LogP contribution in [-0.4, -0.2) is 18.2 Å². The van der Waals surface area contributed by atoms with E-state index >= 15 is 0 Å². The number of nitrogens with one attached hydrogen (secondary N) is 1. The molecule has 0 radical (unpaired) electrons. The van der Waals surface area contributed by atoms with Crippen molar-refractivity contribution in [3.63, 3.8) is 0 Å². The number of aromatic nitrogens is 1. The van der Waals surface area contributed by atoms with Crippen LogP contribution in [0.5, 0.6) is 5.75 Å². The molecule has 0 aliphatic rings. The molecule has 3 rings (SSSR count). The van der Waals surface area contributed by atoms with Crippen molar-refractivity contribution >= 4 is 55.4 Å². The molecule has 1 amide bonds. The van der Waals surface area contributed by atoms with Gasteiger partial charge in [0.1, 0.15) is 17.9 Å². The third-order valence-corrected chi connectivity index (χ3v) is 5.37. The maximum Gasteiger partial charge on any atom is 0.413 e. The number of ether oxygens (including phenoxy) is 2. The fraction of sp³-hybridized carbons (Fsp3) is 0.125. The van der Waals surface area contributed by atoms with Gasteiger partial charge in [0.15, 0.2) is 5.13 Å². The lowest BCUT2D eigenvalue weighted by Crippen LogP contribution is -2.13. The van der Waals surface area contributed by atoms with Crippen molar-refractivity contribution in [1.29, 1.82) is 0 Å². The van der Waals surface area contributed by atoms with Crippen LogP contribution in [-0.2, 0) is 11.3 Å². The summed E-state index contributed by atoms with van der Waals surface area (Å²) in [5.74, 6) is 0.683. The number of fused-ring (bicyclic) bond motifs is 1. The predicted molar refractivity (Wildman–Crippen MR) is 99.1 cm³/mol. The Bertz CT molecular complexity index is 836. The summed E-state index contributed by atoms with van der Waals surface area (Å²) in [7, 11) is 1.60. The quantitative estimate of drug-likeness (QED) is 0.600. The van der Waals surface area contributed by atoms with Crippen molar-refractivity contribution in [3.8, 4) is 5.75 Å². The molecule has 0 atom stereocenters. The number of carbonyl (C=O) groups is 1. The molecule has 5 nitrogen and oxygen atoms in total. The number of hydrogen-bond acceptors (Lipinski definition) is 5. The molecule has 0 unspecified atom stereocenters. The van der Waals surface area contributed by atoms with Gasteiger partial charge in [-0.15, -0.1) is 0 Å². The molecule has 3 aromatic rings. The zero-order valence-electron chi connectivity index (χ0n) is 12.2. The van der Waals surface area contributed by atoms with Crippen LogP contribution >= 0.6 is 33.9 Å². The Morgan fingerprint density at radius 1 is 1.26 bits per heavy atom. The van der Waals surface area contributed by atoms with Gasteiger partial charge in [0.05, 0.1) is 11.8 Å². The van der Waals surface area contributed by atoms with Gasteiger partial charge in [0.2, 0.25) is 0 Å². The number of carbonyl (C=O) groups excluding carboxylic acids is 1. The van der Waals surface area contributed by atoms with E-state index in [4.69, 9.17) is 9.47 Å². The Morgan fingerprint density at radius 3 is 2.78 bits per heavy atom. The van der Waals surface area contributed by atoms with Crippen LogP contribution in [0.4, 0.5) is 9.93 Å². The topological polar surface area (TPSA) is 60.5 Å². The summed E-state index contributed by atoms with van der Waals surface area (Å²) in [6.07, 6.45) is -0.526. The van der Waals surface area contributed by atoms with Crippen LogP contribution in [0.1, 0.15) is 5.56 Å². The largest absolute Gasteiger partial charge is 0.494 e. The van der Waals surface area contributed by atoms with Crippen LogP contribution in [0.3, 0.4) is 0 Å². The van der Waals surface area contributed by atoms with Crippen LogP contribution in [0, 0.1) is 3.57 Å². The molecule has 0 saturated heterocycles. The molecule has 118 valence electrons. The SMILES string of the molecule is COc1ccc(I)c2sc(NC(=O)OCc3ccccc3)nc12. The van der Waals surface area contributed by atoms with Crippen LogP contribution in [0.2, 0.25) is 0 Å². The molecule has 1 heterocycles. The average Bonchev–Trinajstić information content (AvgIpc) is 2.99. The van der Waals surface area contributed by atoms with E-state index < -0.39 is 6.09 Å². The molecular formula is C16H13IN2O3S. The van der Waals surface area contributed by atoms with Crippen molar-refractivity contribution < 1.29 is 14.3 Å². The summed E-state index contributed by atoms with van der Waals surface area (Å²) in [4.78, 5) is 16.3. The summed E-state index contributed by atoms with van der Waals surface area (Å²) in [6, 6.07) is 13.3. The second-order valence-electron chi connectivity index (χ2n) is 4.63. The van der Waals surface area contributed by atoms with E-state index in [-0.39, 0.29) is 6.61 Å². The molecular weight excluding hydrogens is 427 g/mol. The molecule has 0 spiro atoms. The van der Waals surface area contributed by atoms with Gasteiger partial charge < -0.3 is 9.47 Å². The van der Waals surface area contributed by atoms with Crippen LogP contribution < -0.4 is 10.1 Å². The average molecular weight is 440 g/mol. The molecule has 1 aromatic heterocycles. The lowest BCUT2D eigenvalue weighted by Gasteiger charge is -2.04. The number of halogens is 1. The zero-order valence-corrected chi connectivity index (χ0v) is 15.2. The number of hydrogen-bond donors (Lipinski definition) is 1. The highest BCUT2D eigenvalue weighted by atomic mass is 127. The third-order valence-electron chi connectivity index (χ3n) is 3.10. The van der Waals surface area contributed by atoms with E-state index in [9.17, 15) is 4.79 Å². The fourth-order valence-electron chi connectivity index (χ4n) is 2.02. The van der Waals surface area contributed by atoms with Gasteiger partial charge in [-0.1, -0.05) is 41.7 Å². The first-order chi connectivity index (χ1) is 11.2. The molecule has 0 aliphatic carbocycles. The normalized spacial score (nSPS) is 10.5. The van der Waals surface area contributed by atoms with Crippen molar-refractivity contribution in [2.45, 2.75) is 6.61 Å². The maximum atomic E-state index is 11.9. The monoisotopic (exact) mass is 440 g/mol. The lowest BCUT2D eigenvalue weighted by molar-refractivity contribution is 0.155. The second-order valence-corrected chi connectivity index (χ2v) is 6.79. The van der Waals surface area contributed by atoms with E-state index in [1.54, 1.807) is 7.11 Å². The molecule has 0 fully saturated rings. The summed E-state index contributed by atoms with van der Waals surface area (Å²) in [5, 5.41) is 3.15. The maximum absolute atomic E-state index is 11.9. The Hall–Kier alpha value is -1.87. The van der Waals surface area contributed by atoms with Crippen molar-refractivity contribution in [2.75, 3.05) is 12.4 Å². The van der Waals surface area contributed by atoms with Gasteiger partial charge in [-0.3, -0.25) is 5.32 Å². The van der Waals surface area contributed by atoms with Gasteiger partial charge in [-0.25, -0.2) is 9.78 Å². The van der Waals surface area contributed by atoms with E-state index in [1.807, 2.05) is 42.5 Å². The standard InChI is InChI=1S/C16H13IN2O3S/c1-21-12-8-7-11(17)14-13(12)18-15(23-14)19-16(20)22-9-10-5-3-2-4-6-10/h2-8H,9H2,1H3,(H,18,19,20). The Balaban J connectivity index is 1.71. The summed E-state index contributed by atoms with van der Waals surface area (Å²) >= 11 is 3.63. The highest BCUT2D eigenvalue weighted by molar-refractivity contribution is 14.1. The molecule has 1 N–H and O–H groups in total. The molecule has 0 aliphatic heterocycles. The Labute approximate surface area is 150 Å². The predicted octanol–water partition coefficient (Wildman–Crippen LogP) is 4.66. The number of nitrogens with zero attached hydrogens (tertiary/aromatic N) is 1. The summed E-state index contributed by atoms with van der Waals surface area (Å²) < 4.78 is 12.5. The summed E-state index contributed by atoms with van der Waals surface area (Å²) in [6.45, 7) is 0.221. The number of rotatable bonds is 4. The van der Waals surface area contributed by atoms with Gasteiger partial charge in [-0.2, -0.15) is 0 Å². The Morgan fingerprint density at radius 2 is 2.04 bits per heavy atom. The molecule has 23 heavy (non-hydrogen) atoms. The number of anilines is 1. The molecule has 7 heteroatoms. The van der Waals surface area contributed by atoms with Crippen molar-refractivity contribution in [3.05, 3.63) is 51.6 Å². The van der Waals surface area contributed by atoms with Gasteiger partial charge in [-0.05, 0) is 40.3 Å². The van der Waals surface area contributed by atoms with E-state index in [0.717, 1.165) is 19.4 Å². The molecule has 2 aromatic carbocycles. The van der Waals surface area contributed by atoms with Gasteiger partial charge in [0.25, 0.3) is 0 Å². The Kier molecular flexibility index (Phi) is 4.97. The minimum atomic E-state index is -0.526. The first-order valence-corrected chi connectivity index (χ1v) is 8.67. The number of methoxy groups -OCH3 is 1. The van der Waals surface area contributed by atoms with E-state index in [0.29, 0.717) is 10.9 Å². The number of thiazole rings is 1. The smallest absolute Gasteiger partial charge is 0.413 e. The van der Waals surface area contributed by atoms with E-state index in [2.05, 4.69) is 32.9 Å². The fourth-order valence-corrected chi connectivity index (χ4v) is 3.66. The number of benzene rings is 2. The second kappa shape index (κ2) is 7.14. The highest BCUT2D eigenvalue weighted by Crippen LogP contribution is 2.35. The molecule has 0 saturated carbocycles. The van der Waals surface area contributed by atoms with Crippen molar-refractivity contribution in [1.82, 2.24) is 4.98 Å². The first kappa shape index (κ1) is 16.0. The zero-order chi connectivity index (χ0) is 16.2. The summed E-state index contributed by atoms with van der Waals surface area (Å²) in [5.41, 5.74) is 1.67. The number of amides is 1. The van der Waals surface area contributed by atoms with Crippen LogP contribution in [0.15, 0.2) is 42.5 Å². The van der Waals surface area contributed by atoms with Crippen LogP contribution in [0.25, 0.3) is 10.2 Å². The first-order valence-electron chi connectivity index (χ1n) is 6.78. The van der Waals surface area contributed by atoms with Gasteiger partial charge >= 0.3 is 6.09 Å². The minimum absolute atomic E-state index is 0.221.